The van der Waals surface area contributed by atoms with Crippen molar-refractivity contribution in [3.05, 3.63) is 47.3 Å². The van der Waals surface area contributed by atoms with Crippen molar-refractivity contribution in [3.63, 3.8) is 0 Å². The number of ether oxygens (including phenoxy) is 1. The Morgan fingerprint density at radius 1 is 1.50 bits per heavy atom. The Labute approximate surface area is 115 Å². The fourth-order valence-electron chi connectivity index (χ4n) is 2.20. The van der Waals surface area contributed by atoms with Gasteiger partial charge in [-0.05, 0) is 29.7 Å². The molecular formula is C14H14FNO4. The number of hydrogen-bond acceptors (Lipinski definition) is 3. The molecule has 106 valence electrons. The zero-order valence-corrected chi connectivity index (χ0v) is 10.8. The van der Waals surface area contributed by atoms with Crippen LogP contribution in [0.3, 0.4) is 0 Å². The number of carboxylic acid groups (broad SMARTS) is 1. The smallest absolute Gasteiger partial charge is 0.410 e. The van der Waals surface area contributed by atoms with Crippen LogP contribution in [0.2, 0.25) is 0 Å². The number of aromatic carboxylic acids is 1. The second-order valence-corrected chi connectivity index (χ2v) is 4.43. The molecule has 0 atom stereocenters. The number of carbonyl (C=O) groups is 2. The van der Waals surface area contributed by atoms with Crippen molar-refractivity contribution in [3.8, 4) is 0 Å². The first-order valence-corrected chi connectivity index (χ1v) is 6.10. The minimum atomic E-state index is -1.21. The Kier molecular flexibility index (Phi) is 4.02. The first kappa shape index (κ1) is 14.0. The molecule has 0 aliphatic carbocycles. The van der Waals surface area contributed by atoms with Crippen LogP contribution in [0.5, 0.6) is 0 Å². The van der Waals surface area contributed by atoms with Crippen molar-refractivity contribution in [1.29, 1.82) is 0 Å². The number of fused-ring (bicyclic) bond motifs is 1. The molecule has 1 aromatic rings. The highest BCUT2D eigenvalue weighted by atomic mass is 19.1. The van der Waals surface area contributed by atoms with Crippen LogP contribution in [0.15, 0.2) is 24.8 Å². The summed E-state index contributed by atoms with van der Waals surface area (Å²) in [5, 5.41) is 9.12. The van der Waals surface area contributed by atoms with E-state index in [0.717, 1.165) is 6.07 Å². The molecule has 1 aromatic carbocycles. The Hall–Kier alpha value is -2.37. The maximum absolute atomic E-state index is 13.4. The highest BCUT2D eigenvalue weighted by Crippen LogP contribution is 2.24. The van der Waals surface area contributed by atoms with E-state index >= 15 is 0 Å². The van der Waals surface area contributed by atoms with E-state index in [1.54, 1.807) is 0 Å². The lowest BCUT2D eigenvalue weighted by Gasteiger charge is -2.29. The molecule has 1 heterocycles. The monoisotopic (exact) mass is 279 g/mol. The third kappa shape index (κ3) is 2.79. The van der Waals surface area contributed by atoms with Gasteiger partial charge in [0, 0.05) is 6.54 Å². The molecule has 1 amide bonds. The van der Waals surface area contributed by atoms with Crippen molar-refractivity contribution < 1.29 is 23.8 Å². The molecule has 0 spiro atoms. The molecule has 0 saturated carbocycles. The summed E-state index contributed by atoms with van der Waals surface area (Å²) in [6, 6.07) is 2.29. The number of halogens is 1. The predicted molar refractivity (Wildman–Crippen MR) is 69.0 cm³/mol. The number of rotatable bonds is 3. The van der Waals surface area contributed by atoms with Gasteiger partial charge in [0.1, 0.15) is 12.4 Å². The van der Waals surface area contributed by atoms with Gasteiger partial charge >= 0.3 is 12.1 Å². The summed E-state index contributed by atoms with van der Waals surface area (Å²) in [4.78, 5) is 24.3. The molecule has 1 aliphatic rings. The van der Waals surface area contributed by atoms with E-state index in [9.17, 15) is 14.0 Å². The second-order valence-electron chi connectivity index (χ2n) is 4.43. The number of carbonyl (C=O) groups excluding carboxylic acids is 1. The average Bonchev–Trinajstić information content (AvgIpc) is 2.43. The highest BCUT2D eigenvalue weighted by Gasteiger charge is 2.26. The fraction of sp³-hybridized carbons (Fsp3) is 0.286. The van der Waals surface area contributed by atoms with Crippen molar-refractivity contribution >= 4 is 12.1 Å². The van der Waals surface area contributed by atoms with Gasteiger partial charge in [0.05, 0.1) is 12.1 Å². The molecule has 0 aromatic heterocycles. The Balaban J connectivity index is 2.26. The molecule has 1 N–H and O–H groups in total. The SMILES string of the molecule is C=CCOC(=O)N1CCc2cc(F)cc(C(=O)O)c2C1. The van der Waals surface area contributed by atoms with Crippen molar-refractivity contribution in [1.82, 2.24) is 4.90 Å². The molecular weight excluding hydrogens is 265 g/mol. The molecule has 0 unspecified atom stereocenters. The van der Waals surface area contributed by atoms with Gasteiger partial charge in [0.25, 0.3) is 0 Å². The molecule has 5 nitrogen and oxygen atoms in total. The van der Waals surface area contributed by atoms with Crippen molar-refractivity contribution in [2.75, 3.05) is 13.2 Å². The predicted octanol–water partition coefficient (Wildman–Crippen LogP) is 2.20. The van der Waals surface area contributed by atoms with Crippen LogP contribution in [0.1, 0.15) is 21.5 Å². The Morgan fingerprint density at radius 2 is 2.25 bits per heavy atom. The molecule has 2 rings (SSSR count). The Bertz CT molecular complexity index is 571. The molecule has 1 aliphatic heterocycles. The first-order chi connectivity index (χ1) is 9.52. The van der Waals surface area contributed by atoms with Gasteiger partial charge < -0.3 is 14.7 Å². The molecule has 0 radical (unpaired) electrons. The standard InChI is InChI=1S/C14H14FNO4/c1-2-5-20-14(19)16-4-3-9-6-10(15)7-11(13(17)18)12(9)8-16/h2,6-7H,1,3-5,8H2,(H,17,18). The summed E-state index contributed by atoms with van der Waals surface area (Å²) in [7, 11) is 0. The fourth-order valence-corrected chi connectivity index (χ4v) is 2.20. The highest BCUT2D eigenvalue weighted by molar-refractivity contribution is 5.90. The van der Waals surface area contributed by atoms with Crippen molar-refractivity contribution in [2.45, 2.75) is 13.0 Å². The molecule has 20 heavy (non-hydrogen) atoms. The third-order valence-corrected chi connectivity index (χ3v) is 3.12. The van der Waals surface area contributed by atoms with Crippen LogP contribution < -0.4 is 0 Å². The molecule has 0 fully saturated rings. The quantitative estimate of drug-likeness (QED) is 0.861. The Morgan fingerprint density at radius 3 is 2.90 bits per heavy atom. The molecule has 0 bridgehead atoms. The van der Waals surface area contributed by atoms with Crippen LogP contribution in [-0.2, 0) is 17.7 Å². The lowest BCUT2D eigenvalue weighted by atomic mass is 9.95. The first-order valence-electron chi connectivity index (χ1n) is 6.10. The topological polar surface area (TPSA) is 66.8 Å². The van der Waals surface area contributed by atoms with E-state index in [0.29, 0.717) is 24.1 Å². The van der Waals surface area contributed by atoms with Gasteiger partial charge in [-0.3, -0.25) is 0 Å². The zero-order valence-electron chi connectivity index (χ0n) is 10.8. The summed E-state index contributed by atoms with van der Waals surface area (Å²) in [6.45, 7) is 4.01. The van der Waals surface area contributed by atoms with E-state index in [4.69, 9.17) is 9.84 Å². The van der Waals surface area contributed by atoms with Gasteiger partial charge in [0.15, 0.2) is 0 Å². The lowest BCUT2D eigenvalue weighted by Crippen LogP contribution is -2.37. The van der Waals surface area contributed by atoms with Crippen LogP contribution in [0.4, 0.5) is 9.18 Å². The number of carboxylic acids is 1. The van der Waals surface area contributed by atoms with Crippen LogP contribution >= 0.6 is 0 Å². The number of hydrogen-bond donors (Lipinski definition) is 1. The van der Waals surface area contributed by atoms with E-state index in [1.165, 1.54) is 17.0 Å². The van der Waals surface area contributed by atoms with Gasteiger partial charge in [-0.2, -0.15) is 0 Å². The second kappa shape index (κ2) is 5.73. The normalized spacial score (nSPS) is 13.6. The molecule has 6 heteroatoms. The van der Waals surface area contributed by atoms with E-state index in [2.05, 4.69) is 6.58 Å². The maximum Gasteiger partial charge on any atom is 0.410 e. The largest absolute Gasteiger partial charge is 0.478 e. The summed E-state index contributed by atoms with van der Waals surface area (Å²) >= 11 is 0. The van der Waals surface area contributed by atoms with Gasteiger partial charge in [-0.15, -0.1) is 0 Å². The van der Waals surface area contributed by atoms with E-state index < -0.39 is 17.9 Å². The van der Waals surface area contributed by atoms with Gasteiger partial charge in [0.2, 0.25) is 0 Å². The van der Waals surface area contributed by atoms with Gasteiger partial charge in [-0.25, -0.2) is 14.0 Å². The lowest BCUT2D eigenvalue weighted by molar-refractivity contribution is 0.0690. The van der Waals surface area contributed by atoms with Crippen molar-refractivity contribution in [2.24, 2.45) is 0 Å². The number of nitrogens with zero attached hydrogens (tertiary/aromatic N) is 1. The maximum atomic E-state index is 13.4. The van der Waals surface area contributed by atoms with E-state index in [-0.39, 0.29) is 18.7 Å². The summed E-state index contributed by atoms with van der Waals surface area (Å²) in [5.41, 5.74) is 0.970. The zero-order chi connectivity index (χ0) is 14.7. The molecule has 0 saturated heterocycles. The number of amides is 1. The minimum Gasteiger partial charge on any atom is -0.478 e. The van der Waals surface area contributed by atoms with Crippen LogP contribution in [0.25, 0.3) is 0 Å². The summed E-state index contributed by atoms with van der Waals surface area (Å²) < 4.78 is 18.3. The van der Waals surface area contributed by atoms with Crippen LogP contribution in [0, 0.1) is 5.82 Å². The number of benzene rings is 1. The third-order valence-electron chi connectivity index (χ3n) is 3.12. The summed E-state index contributed by atoms with van der Waals surface area (Å²) in [5.74, 6) is -1.79. The minimum absolute atomic E-state index is 0.0946. The van der Waals surface area contributed by atoms with Gasteiger partial charge in [-0.1, -0.05) is 12.7 Å². The average molecular weight is 279 g/mol. The van der Waals surface area contributed by atoms with Crippen LogP contribution in [-0.4, -0.2) is 35.2 Å². The summed E-state index contributed by atoms with van der Waals surface area (Å²) in [6.07, 6.45) is 1.32. The van der Waals surface area contributed by atoms with E-state index in [1.807, 2.05) is 0 Å².